The summed E-state index contributed by atoms with van der Waals surface area (Å²) in [6.45, 7) is -3.55. The Morgan fingerprint density at radius 3 is 0.893 bits per heavy atom. The number of alkyl halides is 12. The van der Waals surface area contributed by atoms with E-state index in [4.69, 9.17) is 0 Å². The van der Waals surface area contributed by atoms with Gasteiger partial charge in [0.1, 0.15) is 44.4 Å². The molecule has 2 N–H and O–H groups in total. The molecule has 2 saturated carbocycles. The van der Waals surface area contributed by atoms with Gasteiger partial charge in [-0.15, -0.1) is 0 Å². The SMILES string of the molecule is O=C(O)C1CC(c2ccc(C(OCc3c(F)cccc3F)(C(F)(F)F)C(F)(F)F)cc2)(S(=O)(=O)c2ccc(F)cc2)C1.O=C(O)C1CC(c2ccc(C(OCc3c(F)cccc3F)(C(F)(F)F)C(F)(F)F)cc2)(S(=O)(=O)c2ccc(F)cc2)C1. The molecule has 0 amide bonds. The lowest BCUT2D eigenvalue weighted by Gasteiger charge is -2.45. The number of aliphatic carboxylic acids is 2. The molecule has 8 rings (SSSR count). The second-order valence-electron chi connectivity index (χ2n) is 19.3. The smallest absolute Gasteiger partial charge is 0.430 e. The van der Waals surface area contributed by atoms with Gasteiger partial charge in [-0.25, -0.2) is 43.2 Å². The Morgan fingerprint density at radius 1 is 0.417 bits per heavy atom. The van der Waals surface area contributed by atoms with Crippen LogP contribution in [0, 0.1) is 46.7 Å². The van der Waals surface area contributed by atoms with Gasteiger partial charge in [0.15, 0.2) is 19.7 Å². The molecule has 0 aromatic heterocycles. The van der Waals surface area contributed by atoms with E-state index in [2.05, 4.69) is 9.47 Å². The fraction of sp³-hybridized carbons (Fsp3) is 0.296. The minimum absolute atomic E-state index is 0.310. The van der Waals surface area contributed by atoms with Gasteiger partial charge in [-0.2, -0.15) is 52.7 Å². The molecule has 0 saturated heterocycles. The van der Waals surface area contributed by atoms with Crippen LogP contribution in [0.2, 0.25) is 0 Å². The maximum absolute atomic E-state index is 14.2. The first kappa shape index (κ1) is 64.4. The largest absolute Gasteiger partial charge is 0.481 e. The number of hydrogen-bond acceptors (Lipinski definition) is 8. The third kappa shape index (κ3) is 11.2. The second-order valence-corrected chi connectivity index (χ2v) is 23.8. The summed E-state index contributed by atoms with van der Waals surface area (Å²) < 4.78 is 312. The molecule has 2 aliphatic rings. The minimum atomic E-state index is -6.22. The number of carboxylic acid groups (broad SMARTS) is 2. The van der Waals surface area contributed by atoms with Gasteiger partial charge in [0.25, 0.3) is 11.2 Å². The summed E-state index contributed by atoms with van der Waals surface area (Å²) in [5.41, 5.74) is -16.4. The quantitative estimate of drug-likeness (QED) is 0.0705. The van der Waals surface area contributed by atoms with E-state index in [0.717, 1.165) is 60.7 Å². The molecule has 0 atom stereocenters. The van der Waals surface area contributed by atoms with E-state index in [1.165, 1.54) is 0 Å². The van der Waals surface area contributed by atoms with E-state index in [0.29, 0.717) is 72.8 Å². The van der Waals surface area contributed by atoms with E-state index in [9.17, 15) is 116 Å². The van der Waals surface area contributed by atoms with Crippen LogP contribution in [-0.2, 0) is 72.6 Å². The van der Waals surface area contributed by atoms with Gasteiger partial charge in [-0.3, -0.25) is 9.59 Å². The highest BCUT2D eigenvalue weighted by Gasteiger charge is 2.75. The monoisotopic (exact) mass is 1250 g/mol. The number of hydrogen-bond donors (Lipinski definition) is 2. The third-order valence-electron chi connectivity index (χ3n) is 14.5. The van der Waals surface area contributed by atoms with Gasteiger partial charge in [0.05, 0.1) is 34.8 Å². The molecule has 84 heavy (non-hydrogen) atoms. The molecule has 0 aliphatic heterocycles. The van der Waals surface area contributed by atoms with Crippen LogP contribution in [0.4, 0.5) is 79.0 Å². The van der Waals surface area contributed by atoms with Crippen molar-refractivity contribution in [3.05, 3.63) is 202 Å². The average Bonchev–Trinajstić information content (AvgIpc) is 0.845. The zero-order chi connectivity index (χ0) is 62.6. The highest BCUT2D eigenvalue weighted by molar-refractivity contribution is 7.92. The Balaban J connectivity index is 0.000000241. The first-order chi connectivity index (χ1) is 38.7. The van der Waals surface area contributed by atoms with E-state index in [-0.39, 0.29) is 11.1 Å². The Hall–Kier alpha value is -7.18. The predicted molar refractivity (Wildman–Crippen MR) is 254 cm³/mol. The normalized spacial score (nSPS) is 19.8. The van der Waals surface area contributed by atoms with Crippen molar-refractivity contribution >= 4 is 31.6 Å². The molecule has 452 valence electrons. The van der Waals surface area contributed by atoms with Crippen LogP contribution in [0.1, 0.15) is 59.1 Å². The molecule has 0 heterocycles. The zero-order valence-electron chi connectivity index (χ0n) is 41.9. The molecule has 6 aromatic rings. The number of rotatable bonds is 16. The topological polar surface area (TPSA) is 161 Å². The maximum Gasteiger partial charge on any atom is 0.430 e. The lowest BCUT2D eigenvalue weighted by molar-refractivity contribution is -0.393. The molecule has 0 bridgehead atoms. The summed E-state index contributed by atoms with van der Waals surface area (Å²) in [6.07, 6.45) is -27.2. The summed E-state index contributed by atoms with van der Waals surface area (Å²) in [7, 11) is -9.10. The fourth-order valence-corrected chi connectivity index (χ4v) is 14.4. The molecule has 6 aromatic carbocycles. The van der Waals surface area contributed by atoms with Gasteiger partial charge in [0, 0.05) is 22.3 Å². The Labute approximate surface area is 463 Å². The van der Waals surface area contributed by atoms with Crippen molar-refractivity contribution in [2.24, 2.45) is 11.8 Å². The standard InChI is InChI=1S/2C27H19F9O5S/c2*28-18-8-10-19(11-9-18)42(39,40)24(12-15(13-24)23(37)38)16-4-6-17(7-5-16)25(26(31,32)33,27(34,35)36)41-14-20-21(29)2-1-3-22(20)30/h2*1-11,15H,12-14H2,(H,37,38). The molecule has 2 fully saturated rings. The molecule has 2 aliphatic carbocycles. The van der Waals surface area contributed by atoms with Gasteiger partial charge in [0.2, 0.25) is 0 Å². The third-order valence-corrected chi connectivity index (χ3v) is 19.5. The Bertz CT molecular complexity index is 3320. The molecular weight excluding hydrogens is 1210 g/mol. The lowest BCUT2D eigenvalue weighted by atomic mass is 9.70. The number of benzene rings is 6. The highest BCUT2D eigenvalue weighted by atomic mass is 32.2. The van der Waals surface area contributed by atoms with Crippen LogP contribution in [0.3, 0.4) is 0 Å². The molecule has 10 nitrogen and oxygen atoms in total. The van der Waals surface area contributed by atoms with Gasteiger partial charge >= 0.3 is 36.6 Å². The number of halogens is 18. The van der Waals surface area contributed by atoms with E-state index in [1.54, 1.807) is 0 Å². The Morgan fingerprint density at radius 2 is 0.667 bits per heavy atom. The van der Waals surface area contributed by atoms with Gasteiger partial charge in [-0.1, -0.05) is 60.7 Å². The van der Waals surface area contributed by atoms with Crippen molar-refractivity contribution in [2.75, 3.05) is 0 Å². The molecule has 0 unspecified atom stereocenters. The van der Waals surface area contributed by atoms with Crippen molar-refractivity contribution in [3.63, 3.8) is 0 Å². The fourth-order valence-electron chi connectivity index (χ4n) is 9.91. The van der Waals surface area contributed by atoms with Crippen LogP contribution in [0.15, 0.2) is 143 Å². The molecule has 30 heteroatoms. The van der Waals surface area contributed by atoms with Gasteiger partial charge in [-0.05, 0) is 110 Å². The summed E-state index contributed by atoms with van der Waals surface area (Å²) >= 11 is 0. The molecule has 0 radical (unpaired) electrons. The van der Waals surface area contributed by atoms with Crippen LogP contribution in [0.25, 0.3) is 0 Å². The first-order valence-electron chi connectivity index (χ1n) is 23.8. The number of ether oxygens (including phenoxy) is 2. The predicted octanol–water partition coefficient (Wildman–Crippen LogP) is 13.6. The zero-order valence-corrected chi connectivity index (χ0v) is 43.5. The summed E-state index contributed by atoms with van der Waals surface area (Å²) in [5.74, 6) is -12.6. The maximum atomic E-state index is 14.2. The summed E-state index contributed by atoms with van der Waals surface area (Å²) in [5, 5.41) is 18.7. The van der Waals surface area contributed by atoms with Crippen molar-refractivity contribution in [1.82, 2.24) is 0 Å². The van der Waals surface area contributed by atoms with Gasteiger partial charge < -0.3 is 19.7 Å². The number of carboxylic acids is 2. The van der Waals surface area contributed by atoms with Crippen LogP contribution < -0.4 is 0 Å². The Kier molecular flexibility index (Phi) is 17.4. The van der Waals surface area contributed by atoms with Crippen LogP contribution >= 0.6 is 0 Å². The van der Waals surface area contributed by atoms with E-state index in [1.807, 2.05) is 0 Å². The summed E-state index contributed by atoms with van der Waals surface area (Å²) in [4.78, 5) is 22.1. The number of carbonyl (C=O) groups is 2. The average molecular weight is 1250 g/mol. The van der Waals surface area contributed by atoms with Crippen molar-refractivity contribution in [2.45, 2.75) is 94.1 Å². The highest BCUT2D eigenvalue weighted by Crippen LogP contribution is 2.59. The van der Waals surface area contributed by atoms with Crippen LogP contribution in [-0.4, -0.2) is 63.7 Å². The van der Waals surface area contributed by atoms with Crippen molar-refractivity contribution in [1.29, 1.82) is 0 Å². The van der Waals surface area contributed by atoms with E-state index >= 15 is 0 Å². The second kappa shape index (κ2) is 22.7. The van der Waals surface area contributed by atoms with Crippen molar-refractivity contribution < 1.29 is 125 Å². The molecule has 0 spiro atoms. The van der Waals surface area contributed by atoms with Crippen LogP contribution in [0.5, 0.6) is 0 Å². The summed E-state index contributed by atoms with van der Waals surface area (Å²) in [6, 6.07) is 14.9. The first-order valence-corrected chi connectivity index (χ1v) is 26.8. The van der Waals surface area contributed by atoms with Crippen molar-refractivity contribution in [3.8, 4) is 0 Å². The van der Waals surface area contributed by atoms with E-state index < -0.39 is 195 Å². The number of sulfone groups is 2. The lowest BCUT2D eigenvalue weighted by Crippen LogP contribution is -2.56. The minimum Gasteiger partial charge on any atom is -0.481 e. The molecular formula is C54H38F18O10S2.